The van der Waals surface area contributed by atoms with Gasteiger partial charge in [0.1, 0.15) is 23.9 Å². The Morgan fingerprint density at radius 1 is 1.18 bits per heavy atom. The van der Waals surface area contributed by atoms with Crippen LogP contribution < -0.4 is 11.0 Å². The van der Waals surface area contributed by atoms with Crippen molar-refractivity contribution in [3.63, 3.8) is 0 Å². The summed E-state index contributed by atoms with van der Waals surface area (Å²) in [6.45, 7) is 1.88. The molecule has 8 heteroatoms. The number of carbonyl (C=O) groups is 1. The number of nitrogens with one attached hydrogen (secondary N) is 1. The first-order chi connectivity index (χ1) is 13.5. The molecule has 0 saturated carbocycles. The summed E-state index contributed by atoms with van der Waals surface area (Å²) in [5, 5.41) is 2.74. The molecule has 0 aliphatic heterocycles. The Balaban J connectivity index is 1.65. The average molecular weight is 380 g/mol. The van der Waals surface area contributed by atoms with Crippen LogP contribution in [-0.2, 0) is 17.9 Å². The zero-order valence-electron chi connectivity index (χ0n) is 15.1. The SMILES string of the molecule is Cc1ccc(CNC(=O)Cn2c(=O)n(-c3ccc(F)cc3)c3ncccc32)o1. The lowest BCUT2D eigenvalue weighted by Gasteiger charge is -2.05. The van der Waals surface area contributed by atoms with E-state index in [1.54, 1.807) is 24.4 Å². The fourth-order valence-electron chi connectivity index (χ4n) is 3.03. The van der Waals surface area contributed by atoms with Crippen LogP contribution in [0.4, 0.5) is 4.39 Å². The van der Waals surface area contributed by atoms with E-state index >= 15 is 0 Å². The van der Waals surface area contributed by atoms with E-state index in [9.17, 15) is 14.0 Å². The van der Waals surface area contributed by atoms with E-state index < -0.39 is 11.5 Å². The van der Waals surface area contributed by atoms with E-state index in [2.05, 4.69) is 10.3 Å². The van der Waals surface area contributed by atoms with Crippen LogP contribution in [-0.4, -0.2) is 20.0 Å². The molecule has 0 aliphatic rings. The van der Waals surface area contributed by atoms with Crippen LogP contribution in [0.25, 0.3) is 16.9 Å². The third-order valence-corrected chi connectivity index (χ3v) is 4.33. The molecule has 1 aromatic carbocycles. The summed E-state index contributed by atoms with van der Waals surface area (Å²) in [4.78, 5) is 29.6. The van der Waals surface area contributed by atoms with Gasteiger partial charge in [-0.1, -0.05) is 0 Å². The number of nitrogens with zero attached hydrogens (tertiary/aromatic N) is 3. The van der Waals surface area contributed by atoms with Crippen LogP contribution in [0.1, 0.15) is 11.5 Å². The number of furan rings is 1. The van der Waals surface area contributed by atoms with Crippen molar-refractivity contribution in [2.45, 2.75) is 20.0 Å². The Labute approximate surface area is 159 Å². The number of aryl methyl sites for hydroxylation is 1. The molecular formula is C20H17FN4O3. The number of hydrogen-bond donors (Lipinski definition) is 1. The number of aromatic nitrogens is 3. The van der Waals surface area contributed by atoms with Crippen molar-refractivity contribution in [3.8, 4) is 5.69 Å². The molecule has 0 spiro atoms. The van der Waals surface area contributed by atoms with Crippen molar-refractivity contribution in [2.24, 2.45) is 0 Å². The second-order valence-corrected chi connectivity index (χ2v) is 6.32. The van der Waals surface area contributed by atoms with Gasteiger partial charge in [0.15, 0.2) is 5.65 Å². The van der Waals surface area contributed by atoms with Gasteiger partial charge in [0.25, 0.3) is 0 Å². The lowest BCUT2D eigenvalue weighted by Crippen LogP contribution is -2.32. The largest absolute Gasteiger partial charge is 0.465 e. The number of amides is 1. The molecule has 1 amide bonds. The fraction of sp³-hybridized carbons (Fsp3) is 0.150. The summed E-state index contributed by atoms with van der Waals surface area (Å²) in [5.74, 6) is 0.654. The van der Waals surface area contributed by atoms with Gasteiger partial charge in [0, 0.05) is 6.20 Å². The zero-order valence-corrected chi connectivity index (χ0v) is 15.1. The maximum atomic E-state index is 13.3. The molecule has 0 bridgehead atoms. The van der Waals surface area contributed by atoms with Crippen LogP contribution in [0.5, 0.6) is 0 Å². The van der Waals surface area contributed by atoms with Gasteiger partial charge in [0.05, 0.1) is 17.7 Å². The lowest BCUT2D eigenvalue weighted by atomic mass is 10.3. The van der Waals surface area contributed by atoms with Gasteiger partial charge in [-0.3, -0.25) is 9.36 Å². The zero-order chi connectivity index (χ0) is 19.7. The number of hydrogen-bond acceptors (Lipinski definition) is 4. The normalized spacial score (nSPS) is 11.1. The van der Waals surface area contributed by atoms with Crippen molar-refractivity contribution < 1.29 is 13.6 Å². The third kappa shape index (κ3) is 3.32. The molecule has 0 radical (unpaired) electrons. The second kappa shape index (κ2) is 7.15. The van der Waals surface area contributed by atoms with Gasteiger partial charge in [-0.05, 0) is 55.5 Å². The Morgan fingerprint density at radius 2 is 1.96 bits per heavy atom. The predicted molar refractivity (Wildman–Crippen MR) is 101 cm³/mol. The Hall–Kier alpha value is -3.68. The summed E-state index contributed by atoms with van der Waals surface area (Å²) in [6, 6.07) is 12.5. The molecule has 3 heterocycles. The number of carbonyl (C=O) groups excluding carboxylic acids is 1. The quantitative estimate of drug-likeness (QED) is 0.577. The third-order valence-electron chi connectivity index (χ3n) is 4.33. The van der Waals surface area contributed by atoms with Gasteiger partial charge in [-0.25, -0.2) is 18.7 Å². The number of halogens is 1. The molecule has 0 aliphatic carbocycles. The summed E-state index contributed by atoms with van der Waals surface area (Å²) < 4.78 is 21.4. The highest BCUT2D eigenvalue weighted by Crippen LogP contribution is 2.16. The van der Waals surface area contributed by atoms with Crippen LogP contribution in [0, 0.1) is 12.7 Å². The van der Waals surface area contributed by atoms with E-state index in [-0.39, 0.29) is 19.0 Å². The first kappa shape index (κ1) is 17.7. The van der Waals surface area contributed by atoms with Crippen LogP contribution in [0.2, 0.25) is 0 Å². The van der Waals surface area contributed by atoms with E-state index in [1.807, 2.05) is 13.0 Å². The van der Waals surface area contributed by atoms with Gasteiger partial charge >= 0.3 is 5.69 Å². The summed E-state index contributed by atoms with van der Waals surface area (Å²) in [5.41, 5.74) is 0.957. The number of fused-ring (bicyclic) bond motifs is 1. The molecule has 0 unspecified atom stereocenters. The number of rotatable bonds is 5. The van der Waals surface area contributed by atoms with E-state index in [4.69, 9.17) is 4.42 Å². The second-order valence-electron chi connectivity index (χ2n) is 6.32. The summed E-state index contributed by atoms with van der Waals surface area (Å²) in [6.07, 6.45) is 1.56. The number of pyridine rings is 1. The monoisotopic (exact) mass is 380 g/mol. The first-order valence-corrected chi connectivity index (χ1v) is 8.67. The maximum Gasteiger partial charge on any atom is 0.335 e. The highest BCUT2D eigenvalue weighted by Gasteiger charge is 2.17. The average Bonchev–Trinajstić information content (AvgIpc) is 3.23. The summed E-state index contributed by atoms with van der Waals surface area (Å²) >= 11 is 0. The molecule has 4 aromatic rings. The molecule has 4 rings (SSSR count). The van der Waals surface area contributed by atoms with Crippen molar-refractivity contribution in [2.75, 3.05) is 0 Å². The molecule has 0 atom stereocenters. The van der Waals surface area contributed by atoms with E-state index in [0.717, 1.165) is 5.76 Å². The molecule has 142 valence electrons. The minimum atomic E-state index is -0.427. The smallest absolute Gasteiger partial charge is 0.335 e. The van der Waals surface area contributed by atoms with Crippen LogP contribution >= 0.6 is 0 Å². The van der Waals surface area contributed by atoms with Gasteiger partial charge in [-0.2, -0.15) is 0 Å². The molecule has 1 N–H and O–H groups in total. The molecule has 28 heavy (non-hydrogen) atoms. The first-order valence-electron chi connectivity index (χ1n) is 8.67. The molecule has 7 nitrogen and oxygen atoms in total. The highest BCUT2D eigenvalue weighted by atomic mass is 19.1. The maximum absolute atomic E-state index is 13.3. The minimum absolute atomic E-state index is 0.172. The van der Waals surface area contributed by atoms with Crippen LogP contribution in [0.3, 0.4) is 0 Å². The standard InChI is InChI=1S/C20H17FN4O3/c1-13-4-9-16(28-13)11-23-18(26)12-24-17-3-2-10-22-19(17)25(20(24)27)15-7-5-14(21)6-8-15/h2-10H,11-12H2,1H3,(H,23,26). The summed E-state index contributed by atoms with van der Waals surface area (Å²) in [7, 11) is 0. The topological polar surface area (TPSA) is 82.1 Å². The van der Waals surface area contributed by atoms with Gasteiger partial charge < -0.3 is 9.73 Å². The highest BCUT2D eigenvalue weighted by molar-refractivity contribution is 5.80. The molecule has 3 aromatic heterocycles. The predicted octanol–water partition coefficient (Wildman–Crippen LogP) is 2.54. The minimum Gasteiger partial charge on any atom is -0.465 e. The van der Waals surface area contributed by atoms with Crippen molar-refractivity contribution in [1.82, 2.24) is 19.4 Å². The molecule has 0 fully saturated rings. The molecular weight excluding hydrogens is 363 g/mol. The fourth-order valence-corrected chi connectivity index (χ4v) is 3.03. The van der Waals surface area contributed by atoms with Crippen molar-refractivity contribution in [1.29, 1.82) is 0 Å². The number of imidazole rings is 1. The van der Waals surface area contributed by atoms with E-state index in [0.29, 0.717) is 22.6 Å². The van der Waals surface area contributed by atoms with Crippen molar-refractivity contribution >= 4 is 17.1 Å². The van der Waals surface area contributed by atoms with Crippen molar-refractivity contribution in [3.05, 3.63) is 82.5 Å². The Morgan fingerprint density at radius 3 is 2.68 bits per heavy atom. The van der Waals surface area contributed by atoms with E-state index in [1.165, 1.54) is 33.4 Å². The lowest BCUT2D eigenvalue weighted by molar-refractivity contribution is -0.121. The Kier molecular flexibility index (Phi) is 4.52. The molecule has 0 saturated heterocycles. The van der Waals surface area contributed by atoms with Gasteiger partial charge in [0.2, 0.25) is 5.91 Å². The Bertz CT molecular complexity index is 1200. The number of benzene rings is 1. The van der Waals surface area contributed by atoms with Crippen LogP contribution in [0.15, 0.2) is 63.9 Å². The van der Waals surface area contributed by atoms with Gasteiger partial charge in [-0.15, -0.1) is 0 Å².